The Bertz CT molecular complexity index is 1230. The average molecular weight is 477 g/mol. The molecule has 1 aliphatic heterocycles. The van der Waals surface area contributed by atoms with E-state index >= 15 is 0 Å². The van der Waals surface area contributed by atoms with Crippen molar-refractivity contribution in [2.45, 2.75) is 56.5 Å². The van der Waals surface area contributed by atoms with Crippen molar-refractivity contribution in [1.29, 1.82) is 0 Å². The molecule has 1 aromatic carbocycles. The molecule has 1 unspecified atom stereocenters. The summed E-state index contributed by atoms with van der Waals surface area (Å²) in [7, 11) is 0. The van der Waals surface area contributed by atoms with E-state index in [-0.39, 0.29) is 12.0 Å². The minimum Gasteiger partial charge on any atom is -0.376 e. The Hall–Kier alpha value is -3.04. The van der Waals surface area contributed by atoms with Crippen molar-refractivity contribution < 1.29 is 9.53 Å². The number of pyridine rings is 1. The van der Waals surface area contributed by atoms with Gasteiger partial charge in [-0.1, -0.05) is 18.2 Å². The maximum atomic E-state index is 13.4. The lowest BCUT2D eigenvalue weighted by molar-refractivity contribution is 0.0944. The van der Waals surface area contributed by atoms with Gasteiger partial charge in [-0.25, -0.2) is 9.67 Å². The summed E-state index contributed by atoms with van der Waals surface area (Å²) < 4.78 is 7.51. The fraction of sp³-hybridized carbons (Fsp3) is 0.440. The largest absolute Gasteiger partial charge is 0.376 e. The highest BCUT2D eigenvalue weighted by molar-refractivity contribution is 7.80. The van der Waals surface area contributed by atoms with Gasteiger partial charge in [-0.15, -0.1) is 0 Å². The second kappa shape index (κ2) is 8.96. The van der Waals surface area contributed by atoms with E-state index in [0.717, 1.165) is 73.2 Å². The number of fused-ring (bicyclic) bond motifs is 1. The van der Waals surface area contributed by atoms with Crippen LogP contribution in [-0.4, -0.2) is 45.0 Å². The van der Waals surface area contributed by atoms with Crippen molar-refractivity contribution in [3.05, 3.63) is 53.3 Å². The highest BCUT2D eigenvalue weighted by Gasteiger charge is 2.34. The third-order valence-corrected chi connectivity index (χ3v) is 6.94. The standard InChI is InChI=1S/C25H28N6O2S/c32-24(28-29-25(34)26-14-18-7-4-12-33-18)19-13-20(15-8-9-15)27-23-21(19)22(16-10-11-16)30-31(23)17-5-2-1-3-6-17/h1-3,5-6,13,15-16,18H,4,7-12,14H2,(H,28,32)(H2,26,29,34). The number of rotatable bonds is 6. The lowest BCUT2D eigenvalue weighted by Crippen LogP contribution is -2.48. The van der Waals surface area contributed by atoms with Crippen molar-refractivity contribution in [2.75, 3.05) is 13.2 Å². The number of nitrogens with zero attached hydrogens (tertiary/aromatic N) is 3. The van der Waals surface area contributed by atoms with Gasteiger partial charge in [-0.05, 0) is 68.9 Å². The van der Waals surface area contributed by atoms with E-state index in [2.05, 4.69) is 16.2 Å². The van der Waals surface area contributed by atoms with Crippen molar-refractivity contribution in [3.8, 4) is 5.69 Å². The minimum atomic E-state index is -0.231. The molecule has 3 aromatic rings. The van der Waals surface area contributed by atoms with E-state index < -0.39 is 0 Å². The van der Waals surface area contributed by atoms with E-state index in [4.69, 9.17) is 27.0 Å². The molecule has 3 aliphatic rings. The van der Waals surface area contributed by atoms with E-state index in [1.807, 2.05) is 41.1 Å². The molecular weight excluding hydrogens is 448 g/mol. The second-order valence-corrected chi connectivity index (χ2v) is 9.81. The van der Waals surface area contributed by atoms with Gasteiger partial charge in [0.15, 0.2) is 10.8 Å². The average Bonchev–Trinajstić information content (AvgIpc) is 3.80. The van der Waals surface area contributed by atoms with Crippen LogP contribution in [0.4, 0.5) is 0 Å². The van der Waals surface area contributed by atoms with Crippen LogP contribution in [0.15, 0.2) is 36.4 Å². The van der Waals surface area contributed by atoms with Crippen LogP contribution < -0.4 is 16.2 Å². The van der Waals surface area contributed by atoms with Crippen LogP contribution >= 0.6 is 12.2 Å². The summed E-state index contributed by atoms with van der Waals surface area (Å²) in [6, 6.07) is 12.0. The Balaban J connectivity index is 1.30. The van der Waals surface area contributed by atoms with Gasteiger partial charge in [-0.3, -0.25) is 15.6 Å². The molecule has 3 N–H and O–H groups in total. The number of ether oxygens (including phenoxy) is 1. The van der Waals surface area contributed by atoms with Crippen LogP contribution in [0.2, 0.25) is 0 Å². The zero-order valence-electron chi connectivity index (χ0n) is 18.9. The summed E-state index contributed by atoms with van der Waals surface area (Å²) in [5, 5.41) is 9.30. The molecule has 176 valence electrons. The monoisotopic (exact) mass is 476 g/mol. The molecule has 1 amide bonds. The quantitative estimate of drug-likeness (QED) is 0.371. The van der Waals surface area contributed by atoms with Gasteiger partial charge in [0.2, 0.25) is 0 Å². The minimum absolute atomic E-state index is 0.168. The Morgan fingerprint density at radius 3 is 2.59 bits per heavy atom. The maximum absolute atomic E-state index is 13.4. The molecule has 9 heteroatoms. The van der Waals surface area contributed by atoms with Gasteiger partial charge in [-0.2, -0.15) is 5.10 Å². The van der Waals surface area contributed by atoms with Gasteiger partial charge in [0, 0.05) is 30.7 Å². The number of amides is 1. The van der Waals surface area contributed by atoms with Gasteiger partial charge in [0.25, 0.3) is 5.91 Å². The molecule has 1 atom stereocenters. The normalized spacial score (nSPS) is 19.8. The molecule has 34 heavy (non-hydrogen) atoms. The van der Waals surface area contributed by atoms with Gasteiger partial charge < -0.3 is 10.1 Å². The number of hydrogen-bond acceptors (Lipinski definition) is 5. The molecule has 2 saturated carbocycles. The molecule has 0 radical (unpaired) electrons. The first-order chi connectivity index (χ1) is 16.7. The Labute approximate surface area is 203 Å². The topological polar surface area (TPSA) is 93.1 Å². The molecule has 3 fully saturated rings. The van der Waals surface area contributed by atoms with E-state index in [1.165, 1.54) is 0 Å². The molecule has 8 nitrogen and oxygen atoms in total. The molecule has 3 heterocycles. The van der Waals surface area contributed by atoms with Crippen LogP contribution in [0.3, 0.4) is 0 Å². The number of thiocarbonyl (C=S) groups is 1. The van der Waals surface area contributed by atoms with Gasteiger partial charge >= 0.3 is 0 Å². The van der Waals surface area contributed by atoms with Crippen molar-refractivity contribution in [2.24, 2.45) is 0 Å². The molecule has 1 saturated heterocycles. The number of aromatic nitrogens is 3. The zero-order chi connectivity index (χ0) is 23.1. The molecule has 0 spiro atoms. The van der Waals surface area contributed by atoms with Crippen molar-refractivity contribution >= 4 is 34.3 Å². The number of hydrazine groups is 1. The van der Waals surface area contributed by atoms with Crippen LogP contribution in [0, 0.1) is 0 Å². The third kappa shape index (κ3) is 4.37. The maximum Gasteiger partial charge on any atom is 0.270 e. The van der Waals surface area contributed by atoms with Crippen molar-refractivity contribution in [1.82, 2.24) is 30.9 Å². The van der Waals surface area contributed by atoms with Crippen molar-refractivity contribution in [3.63, 3.8) is 0 Å². The number of nitrogens with one attached hydrogen (secondary N) is 3. The first-order valence-electron chi connectivity index (χ1n) is 12.1. The SMILES string of the molecule is O=C(NNC(=S)NCC1CCCO1)c1cc(C2CC2)nc2c1c(C1CC1)nn2-c1ccccc1. The first kappa shape index (κ1) is 21.5. The van der Waals surface area contributed by atoms with Crippen LogP contribution in [0.1, 0.15) is 72.1 Å². The Kier molecular flexibility index (Phi) is 5.66. The van der Waals surface area contributed by atoms with Crippen LogP contribution in [-0.2, 0) is 4.74 Å². The fourth-order valence-electron chi connectivity index (χ4n) is 4.56. The number of para-hydroxylation sites is 1. The van der Waals surface area contributed by atoms with Gasteiger partial charge in [0.05, 0.1) is 28.4 Å². The predicted octanol–water partition coefficient (Wildman–Crippen LogP) is 3.46. The van der Waals surface area contributed by atoms with Crippen LogP contribution in [0.25, 0.3) is 16.7 Å². The molecule has 6 rings (SSSR count). The van der Waals surface area contributed by atoms with Crippen LogP contribution in [0.5, 0.6) is 0 Å². The Morgan fingerprint density at radius 1 is 1.09 bits per heavy atom. The molecule has 0 bridgehead atoms. The predicted molar refractivity (Wildman–Crippen MR) is 133 cm³/mol. The molecular formula is C25H28N6O2S. The number of benzene rings is 1. The van der Waals surface area contributed by atoms with Gasteiger partial charge in [0.1, 0.15) is 0 Å². The molecule has 2 aromatic heterocycles. The smallest absolute Gasteiger partial charge is 0.270 e. The highest BCUT2D eigenvalue weighted by Crippen LogP contribution is 2.45. The summed E-state index contributed by atoms with van der Waals surface area (Å²) in [5.74, 6) is 0.543. The fourth-order valence-corrected chi connectivity index (χ4v) is 4.69. The lowest BCUT2D eigenvalue weighted by atomic mass is 10.1. The number of carbonyl (C=O) groups is 1. The summed E-state index contributed by atoms with van der Waals surface area (Å²) in [6.07, 6.45) is 6.64. The summed E-state index contributed by atoms with van der Waals surface area (Å²) in [5.41, 5.74) is 9.86. The number of carbonyl (C=O) groups excluding carboxylic acids is 1. The third-order valence-electron chi connectivity index (χ3n) is 6.69. The molecule has 2 aliphatic carbocycles. The van der Waals surface area contributed by atoms with E-state index in [0.29, 0.717) is 29.1 Å². The first-order valence-corrected chi connectivity index (χ1v) is 12.5. The number of hydrogen-bond donors (Lipinski definition) is 3. The summed E-state index contributed by atoms with van der Waals surface area (Å²) in [6.45, 7) is 1.42. The highest BCUT2D eigenvalue weighted by atomic mass is 32.1. The summed E-state index contributed by atoms with van der Waals surface area (Å²) in [4.78, 5) is 18.4. The Morgan fingerprint density at radius 2 is 1.88 bits per heavy atom. The van der Waals surface area contributed by atoms with E-state index in [9.17, 15) is 4.79 Å². The summed E-state index contributed by atoms with van der Waals surface area (Å²) >= 11 is 5.35. The van der Waals surface area contributed by atoms with E-state index in [1.54, 1.807) is 0 Å². The zero-order valence-corrected chi connectivity index (χ0v) is 19.7. The second-order valence-electron chi connectivity index (χ2n) is 9.40. The lowest BCUT2D eigenvalue weighted by Gasteiger charge is -2.15.